The van der Waals surface area contributed by atoms with Crippen LogP contribution in [0.15, 0.2) is 0 Å². The second-order valence-electron chi connectivity index (χ2n) is 3.86. The summed E-state index contributed by atoms with van der Waals surface area (Å²) in [7, 11) is 0.328. The van der Waals surface area contributed by atoms with E-state index >= 15 is 0 Å². The topological polar surface area (TPSA) is 55.8 Å². The van der Waals surface area contributed by atoms with Gasteiger partial charge in [0.2, 0.25) is 0 Å². The van der Waals surface area contributed by atoms with Crippen LogP contribution in [0.1, 0.15) is 6.92 Å². The Morgan fingerprint density at radius 2 is 2.00 bits per heavy atom. The van der Waals surface area contributed by atoms with Gasteiger partial charge in [0, 0.05) is 33.4 Å². The van der Waals surface area contributed by atoms with E-state index in [9.17, 15) is 8.42 Å². The lowest BCUT2D eigenvalue weighted by Crippen LogP contribution is -2.50. The van der Waals surface area contributed by atoms with E-state index in [0.29, 0.717) is 13.1 Å². The average Bonchev–Trinajstić information content (AvgIpc) is 2.16. The molecule has 90 valence electrons. The molecule has 15 heavy (non-hydrogen) atoms. The summed E-state index contributed by atoms with van der Waals surface area (Å²) in [5.74, 6) is 0.463. The zero-order chi connectivity index (χ0) is 11.5. The largest absolute Gasteiger partial charge is 0.355 e. The Balaban J connectivity index is 2.51. The number of hydrogen-bond donors (Lipinski definition) is 0. The molecule has 1 fully saturated rings. The molecule has 0 bridgehead atoms. The average molecular weight is 237 g/mol. The van der Waals surface area contributed by atoms with Crippen molar-refractivity contribution in [2.75, 3.05) is 38.8 Å². The normalized spacial score (nSPS) is 27.1. The maximum atomic E-state index is 11.3. The van der Waals surface area contributed by atoms with E-state index in [2.05, 4.69) is 4.90 Å². The zero-order valence-electron chi connectivity index (χ0n) is 9.47. The Kier molecular flexibility index (Phi) is 4.51. The van der Waals surface area contributed by atoms with E-state index < -0.39 is 9.84 Å². The highest BCUT2D eigenvalue weighted by molar-refractivity contribution is 7.91. The molecule has 1 unspecified atom stereocenters. The van der Waals surface area contributed by atoms with Gasteiger partial charge in [0.05, 0.1) is 11.5 Å². The van der Waals surface area contributed by atoms with E-state index in [4.69, 9.17) is 9.47 Å². The third-order valence-electron chi connectivity index (χ3n) is 2.72. The van der Waals surface area contributed by atoms with E-state index in [1.165, 1.54) is 0 Å². The quantitative estimate of drug-likeness (QED) is 0.630. The van der Waals surface area contributed by atoms with Gasteiger partial charge in [-0.1, -0.05) is 0 Å². The second-order valence-corrected chi connectivity index (χ2v) is 6.09. The SMILES string of the molecule is COC(CN1CCS(=O)(=O)CC1C)OC. The number of ether oxygens (including phenoxy) is 2. The van der Waals surface area contributed by atoms with Crippen molar-refractivity contribution in [1.29, 1.82) is 0 Å². The van der Waals surface area contributed by atoms with E-state index in [1.807, 2.05) is 6.92 Å². The lowest BCUT2D eigenvalue weighted by molar-refractivity contribution is -0.119. The standard InChI is InChI=1S/C9H19NO4S/c1-8-7-15(11,12)5-4-10(8)6-9(13-2)14-3/h8-9H,4-7H2,1-3H3. The van der Waals surface area contributed by atoms with Crippen LogP contribution in [0.2, 0.25) is 0 Å². The van der Waals surface area contributed by atoms with Gasteiger partial charge in [-0.05, 0) is 6.92 Å². The molecule has 0 spiro atoms. The molecular formula is C9H19NO4S. The molecule has 1 rings (SSSR count). The van der Waals surface area contributed by atoms with E-state index in [0.717, 1.165) is 0 Å². The summed E-state index contributed by atoms with van der Waals surface area (Å²) in [6.07, 6.45) is -0.284. The molecule has 1 aliphatic heterocycles. The zero-order valence-corrected chi connectivity index (χ0v) is 10.3. The summed E-state index contributed by atoms with van der Waals surface area (Å²) in [5, 5.41) is 0. The Hall–Kier alpha value is -0.170. The van der Waals surface area contributed by atoms with Crippen LogP contribution in [-0.2, 0) is 19.3 Å². The Morgan fingerprint density at radius 1 is 1.40 bits per heavy atom. The van der Waals surface area contributed by atoms with Gasteiger partial charge in [0.15, 0.2) is 16.1 Å². The number of sulfone groups is 1. The molecule has 0 aromatic heterocycles. The molecule has 0 amide bonds. The number of nitrogens with zero attached hydrogens (tertiary/aromatic N) is 1. The molecule has 5 nitrogen and oxygen atoms in total. The summed E-state index contributed by atoms with van der Waals surface area (Å²) in [4.78, 5) is 2.08. The molecule has 0 saturated carbocycles. The van der Waals surface area contributed by atoms with Crippen molar-refractivity contribution >= 4 is 9.84 Å². The highest BCUT2D eigenvalue weighted by atomic mass is 32.2. The first-order chi connectivity index (χ1) is 6.98. The Morgan fingerprint density at radius 3 is 2.47 bits per heavy atom. The third-order valence-corrected chi connectivity index (χ3v) is 4.51. The lowest BCUT2D eigenvalue weighted by atomic mass is 10.3. The van der Waals surface area contributed by atoms with Crippen LogP contribution in [0.4, 0.5) is 0 Å². The summed E-state index contributed by atoms with van der Waals surface area (Å²) < 4.78 is 32.9. The van der Waals surface area contributed by atoms with Crippen LogP contribution in [0.3, 0.4) is 0 Å². The molecule has 1 heterocycles. The molecule has 1 atom stereocenters. The monoisotopic (exact) mass is 237 g/mol. The second kappa shape index (κ2) is 5.25. The first-order valence-electron chi connectivity index (χ1n) is 4.98. The smallest absolute Gasteiger partial charge is 0.169 e. The van der Waals surface area contributed by atoms with Crippen molar-refractivity contribution < 1.29 is 17.9 Å². The van der Waals surface area contributed by atoms with Gasteiger partial charge in [-0.3, -0.25) is 4.90 Å². The minimum atomic E-state index is -2.84. The first kappa shape index (κ1) is 12.9. The minimum absolute atomic E-state index is 0.0385. The molecule has 0 N–H and O–H groups in total. The van der Waals surface area contributed by atoms with Crippen molar-refractivity contribution in [1.82, 2.24) is 4.90 Å². The van der Waals surface area contributed by atoms with Gasteiger partial charge in [-0.15, -0.1) is 0 Å². The summed E-state index contributed by atoms with van der Waals surface area (Å²) >= 11 is 0. The van der Waals surface area contributed by atoms with Gasteiger partial charge < -0.3 is 9.47 Å². The van der Waals surface area contributed by atoms with Gasteiger partial charge >= 0.3 is 0 Å². The predicted molar refractivity (Wildman–Crippen MR) is 57.5 cm³/mol. The van der Waals surface area contributed by atoms with E-state index in [1.54, 1.807) is 14.2 Å². The van der Waals surface area contributed by atoms with Gasteiger partial charge in [-0.25, -0.2) is 8.42 Å². The maximum absolute atomic E-state index is 11.3. The molecule has 0 aromatic carbocycles. The minimum Gasteiger partial charge on any atom is -0.355 e. The fourth-order valence-electron chi connectivity index (χ4n) is 1.74. The van der Waals surface area contributed by atoms with Crippen molar-refractivity contribution in [3.63, 3.8) is 0 Å². The van der Waals surface area contributed by atoms with Crippen LogP contribution in [0, 0.1) is 0 Å². The lowest BCUT2D eigenvalue weighted by Gasteiger charge is -2.34. The number of hydrogen-bond acceptors (Lipinski definition) is 5. The fraction of sp³-hybridized carbons (Fsp3) is 1.00. The molecule has 0 radical (unpaired) electrons. The Labute approximate surface area is 91.3 Å². The van der Waals surface area contributed by atoms with Crippen molar-refractivity contribution in [2.24, 2.45) is 0 Å². The van der Waals surface area contributed by atoms with Crippen LogP contribution >= 0.6 is 0 Å². The summed E-state index contributed by atoms with van der Waals surface area (Å²) in [6, 6.07) is 0.0385. The molecule has 1 saturated heterocycles. The Bertz CT molecular complexity index is 286. The fourth-order valence-corrected chi connectivity index (χ4v) is 3.37. The maximum Gasteiger partial charge on any atom is 0.169 e. The van der Waals surface area contributed by atoms with Gasteiger partial charge in [-0.2, -0.15) is 0 Å². The summed E-state index contributed by atoms with van der Waals surface area (Å²) in [5.41, 5.74) is 0. The highest BCUT2D eigenvalue weighted by Gasteiger charge is 2.29. The van der Waals surface area contributed by atoms with Crippen LogP contribution in [-0.4, -0.2) is 64.5 Å². The molecule has 0 aliphatic carbocycles. The molecule has 1 aliphatic rings. The third kappa shape index (κ3) is 3.71. The van der Waals surface area contributed by atoms with Crippen molar-refractivity contribution in [3.05, 3.63) is 0 Å². The first-order valence-corrected chi connectivity index (χ1v) is 6.80. The van der Waals surface area contributed by atoms with Crippen LogP contribution in [0.25, 0.3) is 0 Å². The van der Waals surface area contributed by atoms with Gasteiger partial charge in [0.25, 0.3) is 0 Å². The molecule has 0 aromatic rings. The number of methoxy groups -OCH3 is 2. The summed E-state index contributed by atoms with van der Waals surface area (Å²) in [6.45, 7) is 3.09. The molecular weight excluding hydrogens is 218 g/mol. The van der Waals surface area contributed by atoms with E-state index in [-0.39, 0.29) is 23.8 Å². The van der Waals surface area contributed by atoms with Crippen molar-refractivity contribution in [3.8, 4) is 0 Å². The van der Waals surface area contributed by atoms with Gasteiger partial charge in [0.1, 0.15) is 0 Å². The number of rotatable bonds is 4. The predicted octanol–water partition coefficient (Wildman–Crippen LogP) is -0.276. The molecule has 6 heteroatoms. The van der Waals surface area contributed by atoms with Crippen LogP contribution in [0.5, 0.6) is 0 Å². The van der Waals surface area contributed by atoms with Crippen LogP contribution < -0.4 is 0 Å². The van der Waals surface area contributed by atoms with Crippen molar-refractivity contribution in [2.45, 2.75) is 19.3 Å². The highest BCUT2D eigenvalue weighted by Crippen LogP contribution is 2.12.